The number of amides is 1. The van der Waals surface area contributed by atoms with Crippen LogP contribution in [0.2, 0.25) is 10.0 Å². The Kier molecular flexibility index (Phi) is 6.60. The second-order valence-electron chi connectivity index (χ2n) is 5.56. The standard InChI is InChI=1S/C18H16Cl2N4O2S/c1-26-13-5-2-11(3-6-13)8-16-22-18(24-23-16)27-10-17(25)21-12-4-7-14(19)15(20)9-12/h2-7,9H,8,10H2,1H3,(H,21,25)(H,22,23,24). The highest BCUT2D eigenvalue weighted by atomic mass is 35.5. The molecule has 3 aromatic rings. The number of thioether (sulfide) groups is 1. The molecule has 3 rings (SSSR count). The van der Waals surface area contributed by atoms with Crippen molar-refractivity contribution in [3.05, 3.63) is 63.9 Å². The van der Waals surface area contributed by atoms with Gasteiger partial charge in [-0.25, -0.2) is 4.98 Å². The normalized spacial score (nSPS) is 10.6. The first-order chi connectivity index (χ1) is 13.0. The molecule has 1 aromatic heterocycles. The average molecular weight is 423 g/mol. The summed E-state index contributed by atoms with van der Waals surface area (Å²) in [5, 5.41) is 11.1. The van der Waals surface area contributed by atoms with Gasteiger partial charge in [-0.1, -0.05) is 47.1 Å². The number of methoxy groups -OCH3 is 1. The molecule has 0 bridgehead atoms. The molecule has 0 aliphatic heterocycles. The van der Waals surface area contributed by atoms with Gasteiger partial charge in [0.05, 0.1) is 22.9 Å². The largest absolute Gasteiger partial charge is 0.497 e. The molecule has 27 heavy (non-hydrogen) atoms. The van der Waals surface area contributed by atoms with Gasteiger partial charge < -0.3 is 10.1 Å². The van der Waals surface area contributed by atoms with E-state index in [9.17, 15) is 4.79 Å². The Morgan fingerprint density at radius 2 is 1.96 bits per heavy atom. The molecule has 1 heterocycles. The highest BCUT2D eigenvalue weighted by molar-refractivity contribution is 7.99. The van der Waals surface area contributed by atoms with Gasteiger partial charge in [0.2, 0.25) is 11.1 Å². The summed E-state index contributed by atoms with van der Waals surface area (Å²) in [4.78, 5) is 16.5. The molecular weight excluding hydrogens is 407 g/mol. The van der Waals surface area contributed by atoms with E-state index in [1.165, 1.54) is 11.8 Å². The van der Waals surface area contributed by atoms with E-state index in [1.807, 2.05) is 24.3 Å². The minimum Gasteiger partial charge on any atom is -0.497 e. The van der Waals surface area contributed by atoms with E-state index < -0.39 is 0 Å². The Bertz CT molecular complexity index is 931. The number of halogens is 2. The molecule has 6 nitrogen and oxygen atoms in total. The van der Waals surface area contributed by atoms with Crippen LogP contribution in [0.25, 0.3) is 0 Å². The number of aromatic nitrogens is 3. The number of anilines is 1. The van der Waals surface area contributed by atoms with E-state index in [1.54, 1.807) is 25.3 Å². The van der Waals surface area contributed by atoms with Gasteiger partial charge in [-0.3, -0.25) is 9.89 Å². The molecule has 140 valence electrons. The number of carbonyl (C=O) groups is 1. The van der Waals surface area contributed by atoms with E-state index in [0.29, 0.717) is 27.3 Å². The number of H-pyrrole nitrogens is 1. The van der Waals surface area contributed by atoms with Crippen LogP contribution >= 0.6 is 35.0 Å². The van der Waals surface area contributed by atoms with E-state index in [2.05, 4.69) is 20.5 Å². The predicted octanol–water partition coefficient (Wildman–Crippen LogP) is 4.44. The molecule has 0 fully saturated rings. The van der Waals surface area contributed by atoms with Gasteiger partial charge in [0, 0.05) is 12.1 Å². The maximum Gasteiger partial charge on any atom is 0.234 e. The maximum absolute atomic E-state index is 12.1. The SMILES string of the molecule is COc1ccc(Cc2nc(SCC(=O)Nc3ccc(Cl)c(Cl)c3)n[nH]2)cc1. The van der Waals surface area contributed by atoms with E-state index in [4.69, 9.17) is 27.9 Å². The summed E-state index contributed by atoms with van der Waals surface area (Å²) in [6.45, 7) is 0. The fourth-order valence-corrected chi connectivity index (χ4v) is 3.17. The average Bonchev–Trinajstić information content (AvgIpc) is 3.11. The fraction of sp³-hybridized carbons (Fsp3) is 0.167. The highest BCUT2D eigenvalue weighted by Crippen LogP contribution is 2.25. The van der Waals surface area contributed by atoms with Gasteiger partial charge >= 0.3 is 0 Å². The number of carbonyl (C=O) groups excluding carboxylic acids is 1. The number of ether oxygens (including phenoxy) is 1. The second kappa shape index (κ2) is 9.12. The molecule has 0 aliphatic carbocycles. The number of benzene rings is 2. The first-order valence-electron chi connectivity index (χ1n) is 7.95. The van der Waals surface area contributed by atoms with Crippen LogP contribution in [0.15, 0.2) is 47.6 Å². The zero-order valence-corrected chi connectivity index (χ0v) is 16.7. The van der Waals surface area contributed by atoms with Crippen molar-refractivity contribution in [2.75, 3.05) is 18.2 Å². The lowest BCUT2D eigenvalue weighted by Gasteiger charge is -2.05. The number of hydrogen-bond acceptors (Lipinski definition) is 5. The van der Waals surface area contributed by atoms with Crippen LogP contribution < -0.4 is 10.1 Å². The van der Waals surface area contributed by atoms with Crippen molar-refractivity contribution < 1.29 is 9.53 Å². The molecule has 0 radical (unpaired) electrons. The monoisotopic (exact) mass is 422 g/mol. The number of rotatable bonds is 7. The van der Waals surface area contributed by atoms with Crippen molar-refractivity contribution in [3.63, 3.8) is 0 Å². The fourth-order valence-electron chi connectivity index (χ4n) is 2.26. The number of hydrogen-bond donors (Lipinski definition) is 2. The first-order valence-corrected chi connectivity index (χ1v) is 9.69. The third-order valence-electron chi connectivity index (χ3n) is 3.58. The molecule has 9 heteroatoms. The van der Waals surface area contributed by atoms with Crippen LogP contribution in [0.4, 0.5) is 5.69 Å². The first kappa shape index (κ1) is 19.5. The Balaban J connectivity index is 1.51. The van der Waals surface area contributed by atoms with Crippen molar-refractivity contribution in [2.45, 2.75) is 11.6 Å². The van der Waals surface area contributed by atoms with Gasteiger partial charge in [-0.15, -0.1) is 5.10 Å². The van der Waals surface area contributed by atoms with Crippen molar-refractivity contribution in [1.82, 2.24) is 15.2 Å². The lowest BCUT2D eigenvalue weighted by Crippen LogP contribution is -2.14. The predicted molar refractivity (Wildman–Crippen MR) is 108 cm³/mol. The van der Waals surface area contributed by atoms with Crippen LogP contribution in [-0.4, -0.2) is 34.0 Å². The topological polar surface area (TPSA) is 79.9 Å². The van der Waals surface area contributed by atoms with Crippen molar-refractivity contribution in [3.8, 4) is 5.75 Å². The summed E-state index contributed by atoms with van der Waals surface area (Å²) in [5.41, 5.74) is 1.67. The third-order valence-corrected chi connectivity index (χ3v) is 5.16. The molecular formula is C18H16Cl2N4O2S. The Labute approximate surface area is 170 Å². The number of nitrogens with zero attached hydrogens (tertiary/aromatic N) is 2. The minimum atomic E-state index is -0.181. The summed E-state index contributed by atoms with van der Waals surface area (Å²) < 4.78 is 5.14. The lowest BCUT2D eigenvalue weighted by molar-refractivity contribution is -0.113. The van der Waals surface area contributed by atoms with Crippen LogP contribution in [0, 0.1) is 0 Å². The molecule has 0 spiro atoms. The zero-order chi connectivity index (χ0) is 19.2. The number of aromatic amines is 1. The van der Waals surface area contributed by atoms with Gasteiger partial charge in [-0.2, -0.15) is 0 Å². The molecule has 0 aliphatic rings. The van der Waals surface area contributed by atoms with Crippen LogP contribution in [0.1, 0.15) is 11.4 Å². The molecule has 0 atom stereocenters. The van der Waals surface area contributed by atoms with Gasteiger partial charge in [0.25, 0.3) is 0 Å². The van der Waals surface area contributed by atoms with Gasteiger partial charge in [0.1, 0.15) is 11.6 Å². The Morgan fingerprint density at radius 1 is 1.19 bits per heavy atom. The van der Waals surface area contributed by atoms with Crippen LogP contribution in [-0.2, 0) is 11.2 Å². The maximum atomic E-state index is 12.1. The molecule has 0 saturated carbocycles. The van der Waals surface area contributed by atoms with Crippen molar-refractivity contribution in [2.24, 2.45) is 0 Å². The smallest absolute Gasteiger partial charge is 0.234 e. The van der Waals surface area contributed by atoms with Crippen LogP contribution in [0.5, 0.6) is 5.75 Å². The van der Waals surface area contributed by atoms with E-state index in [-0.39, 0.29) is 11.7 Å². The molecule has 0 unspecified atom stereocenters. The Hall–Kier alpha value is -2.22. The number of nitrogens with one attached hydrogen (secondary N) is 2. The summed E-state index contributed by atoms with van der Waals surface area (Å²) in [6.07, 6.45) is 0.618. The highest BCUT2D eigenvalue weighted by Gasteiger charge is 2.09. The van der Waals surface area contributed by atoms with E-state index >= 15 is 0 Å². The quantitative estimate of drug-likeness (QED) is 0.550. The van der Waals surface area contributed by atoms with Gasteiger partial charge in [-0.05, 0) is 35.9 Å². The van der Waals surface area contributed by atoms with Crippen molar-refractivity contribution in [1.29, 1.82) is 0 Å². The third kappa shape index (κ3) is 5.63. The van der Waals surface area contributed by atoms with E-state index in [0.717, 1.165) is 17.1 Å². The summed E-state index contributed by atoms with van der Waals surface area (Å²) in [6, 6.07) is 12.7. The zero-order valence-electron chi connectivity index (χ0n) is 14.3. The van der Waals surface area contributed by atoms with Gasteiger partial charge in [0.15, 0.2) is 0 Å². The molecule has 1 amide bonds. The summed E-state index contributed by atoms with van der Waals surface area (Å²) in [5.74, 6) is 1.54. The van der Waals surface area contributed by atoms with Crippen LogP contribution in [0.3, 0.4) is 0 Å². The summed E-state index contributed by atoms with van der Waals surface area (Å²) in [7, 11) is 1.63. The lowest BCUT2D eigenvalue weighted by atomic mass is 10.1. The summed E-state index contributed by atoms with van der Waals surface area (Å²) >= 11 is 13.0. The Morgan fingerprint density at radius 3 is 2.67 bits per heavy atom. The molecule has 2 N–H and O–H groups in total. The van der Waals surface area contributed by atoms with Crippen molar-refractivity contribution >= 4 is 46.6 Å². The second-order valence-corrected chi connectivity index (χ2v) is 7.31. The molecule has 2 aromatic carbocycles. The molecule has 0 saturated heterocycles. The minimum absolute atomic E-state index is 0.181.